The molecule has 3 nitrogen and oxygen atoms in total. The summed E-state index contributed by atoms with van der Waals surface area (Å²) in [5.74, 6) is 2.51. The Balaban J connectivity index is 0.000000224. The number of aliphatic hydroxyl groups is 1. The molecular weight excluding hydrogens is 279 g/mol. The Morgan fingerprint density at radius 2 is 1.86 bits per heavy atom. The summed E-state index contributed by atoms with van der Waals surface area (Å²) in [7, 11) is 0. The number of likely N-dealkylation sites (tertiary alicyclic amines) is 1. The van der Waals surface area contributed by atoms with Gasteiger partial charge in [-0.25, -0.2) is 4.39 Å². The lowest BCUT2D eigenvalue weighted by atomic mass is 9.93. The highest BCUT2D eigenvalue weighted by Crippen LogP contribution is 2.21. The number of β-amino-alcohol motifs (C(OH)–C–C–N with tert-alkyl or cyclic N) is 1. The molecule has 2 rings (SSSR count). The molecular formula is C18H31FN2O. The van der Waals surface area contributed by atoms with E-state index < -0.39 is 5.60 Å². The summed E-state index contributed by atoms with van der Waals surface area (Å²) < 4.78 is 12.6. The second-order valence-electron chi connectivity index (χ2n) is 6.85. The monoisotopic (exact) mass is 310 g/mol. The molecule has 2 aliphatic rings. The van der Waals surface area contributed by atoms with Crippen molar-refractivity contribution >= 4 is 0 Å². The van der Waals surface area contributed by atoms with Crippen LogP contribution in [0.3, 0.4) is 0 Å². The minimum absolute atomic E-state index is 0.0277. The summed E-state index contributed by atoms with van der Waals surface area (Å²) in [5.41, 5.74) is -0.872. The zero-order valence-electron chi connectivity index (χ0n) is 14.5. The Labute approximate surface area is 135 Å². The van der Waals surface area contributed by atoms with Gasteiger partial charge in [0.15, 0.2) is 0 Å². The molecule has 0 bridgehead atoms. The van der Waals surface area contributed by atoms with E-state index in [1.165, 1.54) is 0 Å². The van der Waals surface area contributed by atoms with Crippen LogP contribution in [0.2, 0.25) is 0 Å². The molecule has 22 heavy (non-hydrogen) atoms. The fraction of sp³-hybridized carbons (Fsp3) is 0.778. The number of rotatable bonds is 2. The van der Waals surface area contributed by atoms with Crippen LogP contribution in [-0.2, 0) is 0 Å². The van der Waals surface area contributed by atoms with Crippen molar-refractivity contribution in [2.24, 2.45) is 0 Å². The zero-order chi connectivity index (χ0) is 16.8. The lowest BCUT2D eigenvalue weighted by molar-refractivity contribution is 0.00442. The minimum Gasteiger partial charge on any atom is -0.376 e. The Morgan fingerprint density at radius 1 is 1.23 bits per heavy atom. The van der Waals surface area contributed by atoms with Crippen LogP contribution in [0.5, 0.6) is 0 Å². The SMILES string of the molecule is C#CC1(O)CCCN(C(C)C)C1.CC(C)N1CCC=C(F)C1. The van der Waals surface area contributed by atoms with E-state index in [9.17, 15) is 9.50 Å². The standard InChI is InChI=1S/C10H17NO.C8H14FN/c1-4-10(12)6-5-7-11(8-10)9(2)3;1-7(2)10-5-3-4-8(9)6-10/h1,9,12H,5-8H2,2-3H3;4,7H,3,5-6H2,1-2H3. The first-order chi connectivity index (χ1) is 10.3. The summed E-state index contributed by atoms with van der Waals surface area (Å²) in [6, 6.07) is 0.949. The first-order valence-corrected chi connectivity index (χ1v) is 8.30. The summed E-state index contributed by atoms with van der Waals surface area (Å²) >= 11 is 0. The molecule has 0 saturated carbocycles. The summed E-state index contributed by atoms with van der Waals surface area (Å²) in [5, 5.41) is 9.82. The van der Waals surface area contributed by atoms with Gasteiger partial charge in [-0.3, -0.25) is 9.80 Å². The Hall–Kier alpha value is -0.890. The van der Waals surface area contributed by atoms with E-state index in [1.807, 2.05) is 0 Å². The van der Waals surface area contributed by atoms with Crippen LogP contribution >= 0.6 is 0 Å². The maximum Gasteiger partial charge on any atom is 0.137 e. The van der Waals surface area contributed by atoms with Crippen LogP contribution in [0.25, 0.3) is 0 Å². The van der Waals surface area contributed by atoms with Gasteiger partial charge < -0.3 is 5.11 Å². The van der Waals surface area contributed by atoms with E-state index in [0.717, 1.165) is 32.4 Å². The Kier molecular flexibility index (Phi) is 7.55. The Morgan fingerprint density at radius 3 is 2.32 bits per heavy atom. The largest absolute Gasteiger partial charge is 0.376 e. The van der Waals surface area contributed by atoms with Crippen molar-refractivity contribution in [1.82, 2.24) is 9.80 Å². The van der Waals surface area contributed by atoms with Crippen molar-refractivity contribution in [2.45, 2.75) is 64.6 Å². The molecule has 0 aliphatic carbocycles. The van der Waals surface area contributed by atoms with Gasteiger partial charge >= 0.3 is 0 Å². The maximum atomic E-state index is 12.6. The molecule has 1 atom stereocenters. The highest BCUT2D eigenvalue weighted by molar-refractivity contribution is 5.10. The third kappa shape index (κ3) is 6.08. The summed E-state index contributed by atoms with van der Waals surface area (Å²) in [6.07, 6.45) is 9.56. The van der Waals surface area contributed by atoms with E-state index in [-0.39, 0.29) is 5.83 Å². The minimum atomic E-state index is -0.872. The van der Waals surface area contributed by atoms with Gasteiger partial charge in [-0.1, -0.05) is 12.0 Å². The molecule has 2 heterocycles. The van der Waals surface area contributed by atoms with Gasteiger partial charge in [0.2, 0.25) is 0 Å². The second-order valence-corrected chi connectivity index (χ2v) is 6.85. The van der Waals surface area contributed by atoms with E-state index in [4.69, 9.17) is 6.42 Å². The zero-order valence-corrected chi connectivity index (χ0v) is 14.5. The normalized spacial score (nSPS) is 27.1. The van der Waals surface area contributed by atoms with Gasteiger partial charge in [0.05, 0.1) is 6.54 Å². The Bertz CT molecular complexity index is 414. The van der Waals surface area contributed by atoms with Crippen LogP contribution in [-0.4, -0.2) is 58.8 Å². The van der Waals surface area contributed by atoms with Crippen LogP contribution < -0.4 is 0 Å². The van der Waals surface area contributed by atoms with Crippen LogP contribution in [0.1, 0.15) is 47.0 Å². The van der Waals surface area contributed by atoms with E-state index >= 15 is 0 Å². The van der Waals surface area contributed by atoms with E-state index in [0.29, 0.717) is 25.2 Å². The number of terminal acetylenes is 1. The van der Waals surface area contributed by atoms with Gasteiger partial charge in [0.25, 0.3) is 0 Å². The topological polar surface area (TPSA) is 26.7 Å². The smallest absolute Gasteiger partial charge is 0.137 e. The van der Waals surface area contributed by atoms with Crippen LogP contribution in [0, 0.1) is 12.3 Å². The molecule has 126 valence electrons. The molecule has 1 fully saturated rings. The lowest BCUT2D eigenvalue weighted by Crippen LogP contribution is -2.49. The number of halogens is 1. The molecule has 1 N–H and O–H groups in total. The fourth-order valence-corrected chi connectivity index (χ4v) is 2.79. The molecule has 0 radical (unpaired) electrons. The van der Waals surface area contributed by atoms with Gasteiger partial charge in [-0.05, 0) is 53.5 Å². The van der Waals surface area contributed by atoms with Crippen molar-refractivity contribution in [1.29, 1.82) is 0 Å². The number of nitrogens with zero attached hydrogens (tertiary/aromatic N) is 2. The van der Waals surface area contributed by atoms with Gasteiger partial charge in [0, 0.05) is 25.2 Å². The lowest BCUT2D eigenvalue weighted by Gasteiger charge is -2.38. The van der Waals surface area contributed by atoms with Crippen molar-refractivity contribution in [3.8, 4) is 12.3 Å². The molecule has 0 spiro atoms. The molecule has 4 heteroatoms. The second kappa shape index (κ2) is 8.67. The molecule has 0 amide bonds. The first kappa shape index (κ1) is 19.2. The van der Waals surface area contributed by atoms with Crippen molar-refractivity contribution in [3.63, 3.8) is 0 Å². The molecule has 0 aromatic heterocycles. The van der Waals surface area contributed by atoms with Gasteiger partial charge in [-0.15, -0.1) is 6.42 Å². The molecule has 2 aliphatic heterocycles. The average Bonchev–Trinajstić information content (AvgIpc) is 2.48. The summed E-state index contributed by atoms with van der Waals surface area (Å²) in [6.45, 7) is 11.6. The van der Waals surface area contributed by atoms with Gasteiger partial charge in [-0.2, -0.15) is 0 Å². The molecule has 0 aromatic carbocycles. The van der Waals surface area contributed by atoms with E-state index in [1.54, 1.807) is 6.08 Å². The molecule has 0 aromatic rings. The van der Waals surface area contributed by atoms with Crippen LogP contribution in [0.15, 0.2) is 11.9 Å². The van der Waals surface area contributed by atoms with Crippen LogP contribution in [0.4, 0.5) is 4.39 Å². The number of hydrogen-bond acceptors (Lipinski definition) is 3. The molecule has 1 saturated heterocycles. The third-order valence-electron chi connectivity index (χ3n) is 4.37. The third-order valence-corrected chi connectivity index (χ3v) is 4.37. The van der Waals surface area contributed by atoms with Crippen molar-refractivity contribution in [3.05, 3.63) is 11.9 Å². The quantitative estimate of drug-likeness (QED) is 0.795. The van der Waals surface area contributed by atoms with Crippen molar-refractivity contribution in [2.75, 3.05) is 26.2 Å². The number of hydrogen-bond donors (Lipinski definition) is 1. The molecule has 1 unspecified atom stereocenters. The highest BCUT2D eigenvalue weighted by atomic mass is 19.1. The average molecular weight is 310 g/mol. The van der Waals surface area contributed by atoms with Crippen molar-refractivity contribution < 1.29 is 9.50 Å². The summed E-state index contributed by atoms with van der Waals surface area (Å²) in [4.78, 5) is 4.36. The predicted octanol–water partition coefficient (Wildman–Crippen LogP) is 2.81. The number of piperidine rings is 1. The predicted molar refractivity (Wildman–Crippen MR) is 90.2 cm³/mol. The van der Waals surface area contributed by atoms with Gasteiger partial charge in [0.1, 0.15) is 11.4 Å². The highest BCUT2D eigenvalue weighted by Gasteiger charge is 2.31. The first-order valence-electron chi connectivity index (χ1n) is 8.30. The maximum absolute atomic E-state index is 12.6. The fourth-order valence-electron chi connectivity index (χ4n) is 2.79. The van der Waals surface area contributed by atoms with E-state index in [2.05, 4.69) is 43.4 Å².